The summed E-state index contributed by atoms with van der Waals surface area (Å²) < 4.78 is 19.9. The molecular formula is C27H35FN4O. The van der Waals surface area contributed by atoms with Crippen molar-refractivity contribution in [2.24, 2.45) is 5.92 Å². The van der Waals surface area contributed by atoms with Crippen molar-refractivity contribution in [2.75, 3.05) is 32.1 Å². The summed E-state index contributed by atoms with van der Waals surface area (Å²) in [7, 11) is 4.27. The third-order valence-electron chi connectivity index (χ3n) is 7.15. The van der Waals surface area contributed by atoms with Gasteiger partial charge in [-0.25, -0.2) is 4.39 Å². The molecule has 3 atom stereocenters. The fourth-order valence-electron chi connectivity index (χ4n) is 4.93. The third-order valence-corrected chi connectivity index (χ3v) is 7.15. The van der Waals surface area contributed by atoms with Gasteiger partial charge in [0.05, 0.1) is 0 Å². The zero-order chi connectivity index (χ0) is 23.5. The Balaban J connectivity index is 1.71. The van der Waals surface area contributed by atoms with Crippen LogP contribution < -0.4 is 15.0 Å². The molecule has 2 aromatic carbocycles. The second-order valence-electron chi connectivity index (χ2n) is 9.54. The number of fused-ring (bicyclic) bond motifs is 1. The molecule has 4 rings (SSSR count). The molecule has 0 spiro atoms. The SMILES string of the molecule is CC1CN(C)CCC1N/C=C(\C=N)c1ccc2c(c1Oc1ccc(F)cc1)CCC(C)N2C. The highest BCUT2D eigenvalue weighted by Crippen LogP contribution is 2.42. The largest absolute Gasteiger partial charge is 0.456 e. The molecule has 0 aliphatic carbocycles. The number of nitrogens with one attached hydrogen (secondary N) is 2. The van der Waals surface area contributed by atoms with Crippen LogP contribution in [0.2, 0.25) is 0 Å². The lowest BCUT2D eigenvalue weighted by Crippen LogP contribution is -2.45. The van der Waals surface area contributed by atoms with E-state index < -0.39 is 0 Å². The fraction of sp³-hybridized carbons (Fsp3) is 0.444. The zero-order valence-electron chi connectivity index (χ0n) is 20.1. The van der Waals surface area contributed by atoms with E-state index in [0.717, 1.165) is 60.5 Å². The van der Waals surface area contributed by atoms with Crippen molar-refractivity contribution in [1.29, 1.82) is 5.41 Å². The van der Waals surface area contributed by atoms with Gasteiger partial charge in [0.2, 0.25) is 0 Å². The van der Waals surface area contributed by atoms with Crippen LogP contribution in [0.15, 0.2) is 42.6 Å². The molecule has 0 amide bonds. The van der Waals surface area contributed by atoms with Crippen molar-refractivity contribution in [2.45, 2.75) is 45.2 Å². The van der Waals surface area contributed by atoms with E-state index in [1.165, 1.54) is 18.3 Å². The Kier molecular flexibility index (Phi) is 7.03. The van der Waals surface area contributed by atoms with Crippen LogP contribution in [0.4, 0.5) is 10.1 Å². The van der Waals surface area contributed by atoms with Crippen molar-refractivity contribution in [3.05, 3.63) is 59.5 Å². The second-order valence-corrected chi connectivity index (χ2v) is 9.54. The van der Waals surface area contributed by atoms with E-state index in [1.807, 2.05) is 12.3 Å². The third kappa shape index (κ3) is 5.06. The number of hydrogen-bond donors (Lipinski definition) is 2. The summed E-state index contributed by atoms with van der Waals surface area (Å²) in [5, 5.41) is 11.7. The van der Waals surface area contributed by atoms with Gasteiger partial charge >= 0.3 is 0 Å². The number of halogens is 1. The normalized spacial score (nSPS) is 23.7. The summed E-state index contributed by atoms with van der Waals surface area (Å²) in [4.78, 5) is 4.64. The molecule has 33 heavy (non-hydrogen) atoms. The van der Waals surface area contributed by atoms with Gasteiger partial charge in [0, 0.05) is 60.5 Å². The van der Waals surface area contributed by atoms with Gasteiger partial charge in [-0.1, -0.05) is 6.92 Å². The molecule has 0 radical (unpaired) electrons. The van der Waals surface area contributed by atoms with E-state index in [0.29, 0.717) is 23.8 Å². The average Bonchev–Trinajstić information content (AvgIpc) is 2.80. The van der Waals surface area contributed by atoms with E-state index in [1.54, 1.807) is 12.1 Å². The first-order chi connectivity index (χ1) is 15.9. The molecule has 3 unspecified atom stereocenters. The van der Waals surface area contributed by atoms with Gasteiger partial charge in [-0.05, 0) is 82.1 Å². The second kappa shape index (κ2) is 9.96. The molecule has 5 nitrogen and oxygen atoms in total. The molecule has 1 fully saturated rings. The highest BCUT2D eigenvalue weighted by molar-refractivity contribution is 6.09. The Labute approximate surface area is 196 Å². The Bertz CT molecular complexity index is 1020. The minimum atomic E-state index is -0.289. The molecule has 0 saturated carbocycles. The van der Waals surface area contributed by atoms with Crippen LogP contribution in [-0.2, 0) is 6.42 Å². The minimum Gasteiger partial charge on any atom is -0.456 e. The van der Waals surface area contributed by atoms with Gasteiger partial charge in [0.1, 0.15) is 17.3 Å². The number of rotatable bonds is 6. The predicted octanol–water partition coefficient (Wildman–Crippen LogP) is 5.31. The molecule has 0 bridgehead atoms. The van der Waals surface area contributed by atoms with Crippen LogP contribution in [0.5, 0.6) is 11.5 Å². The number of likely N-dealkylation sites (tertiary alicyclic amines) is 1. The van der Waals surface area contributed by atoms with E-state index in [9.17, 15) is 4.39 Å². The van der Waals surface area contributed by atoms with Gasteiger partial charge in [-0.15, -0.1) is 0 Å². The molecule has 2 aliphatic heterocycles. The first-order valence-electron chi connectivity index (χ1n) is 11.8. The van der Waals surface area contributed by atoms with Gasteiger partial charge in [-0.2, -0.15) is 0 Å². The number of ether oxygens (including phenoxy) is 1. The first kappa shape index (κ1) is 23.3. The number of piperidine rings is 1. The molecule has 6 heteroatoms. The highest BCUT2D eigenvalue weighted by Gasteiger charge is 2.27. The maximum Gasteiger partial charge on any atom is 0.140 e. The standard InChI is InChI=1S/C27H35FN4O/c1-18-17-31(3)14-13-25(18)30-16-20(15-29)23-11-12-26-24(10-5-19(2)32(26)4)27(23)33-22-8-6-21(28)7-9-22/h6-9,11-12,15-16,18-19,25,29-30H,5,10,13-14,17H2,1-4H3/b20-16+,29-15?. The van der Waals surface area contributed by atoms with Gasteiger partial charge < -0.3 is 25.3 Å². The van der Waals surface area contributed by atoms with Crippen LogP contribution in [0, 0.1) is 17.1 Å². The predicted molar refractivity (Wildman–Crippen MR) is 134 cm³/mol. The number of anilines is 1. The van der Waals surface area contributed by atoms with Gasteiger partial charge in [0.25, 0.3) is 0 Å². The van der Waals surface area contributed by atoms with Crippen LogP contribution in [0.3, 0.4) is 0 Å². The molecule has 176 valence electrons. The lowest BCUT2D eigenvalue weighted by Gasteiger charge is -2.36. The maximum absolute atomic E-state index is 13.5. The monoisotopic (exact) mass is 450 g/mol. The summed E-state index contributed by atoms with van der Waals surface area (Å²) in [6.07, 6.45) is 6.36. The smallest absolute Gasteiger partial charge is 0.140 e. The Morgan fingerprint density at radius 1 is 1.12 bits per heavy atom. The molecule has 2 N–H and O–H groups in total. The molecule has 2 aliphatic rings. The van der Waals surface area contributed by atoms with E-state index in [2.05, 4.69) is 49.1 Å². The number of allylic oxidation sites excluding steroid dienone is 1. The van der Waals surface area contributed by atoms with Crippen molar-refractivity contribution in [1.82, 2.24) is 10.2 Å². The lowest BCUT2D eigenvalue weighted by atomic mass is 9.92. The Hall–Kier alpha value is -2.86. The quantitative estimate of drug-likeness (QED) is 0.586. The number of benzene rings is 2. The van der Waals surface area contributed by atoms with Crippen LogP contribution in [-0.4, -0.2) is 50.4 Å². The van der Waals surface area contributed by atoms with E-state index >= 15 is 0 Å². The number of nitrogens with zero attached hydrogens (tertiary/aromatic N) is 2. The van der Waals surface area contributed by atoms with Gasteiger partial charge in [-0.3, -0.25) is 0 Å². The topological polar surface area (TPSA) is 51.6 Å². The lowest BCUT2D eigenvalue weighted by molar-refractivity contribution is 0.184. The van der Waals surface area contributed by atoms with Crippen molar-refractivity contribution >= 4 is 17.5 Å². The maximum atomic E-state index is 13.5. The summed E-state index contributed by atoms with van der Waals surface area (Å²) in [5.41, 5.74) is 3.94. The molecule has 1 saturated heterocycles. The fourth-order valence-corrected chi connectivity index (χ4v) is 4.93. The Morgan fingerprint density at radius 2 is 1.88 bits per heavy atom. The van der Waals surface area contributed by atoms with Crippen LogP contribution in [0.1, 0.15) is 37.8 Å². The van der Waals surface area contributed by atoms with Crippen molar-refractivity contribution in [3.63, 3.8) is 0 Å². The summed E-state index contributed by atoms with van der Waals surface area (Å²) in [6, 6.07) is 11.1. The average molecular weight is 451 g/mol. The van der Waals surface area contributed by atoms with Crippen molar-refractivity contribution < 1.29 is 9.13 Å². The van der Waals surface area contributed by atoms with E-state index in [4.69, 9.17) is 10.1 Å². The zero-order valence-corrected chi connectivity index (χ0v) is 20.1. The van der Waals surface area contributed by atoms with E-state index in [-0.39, 0.29) is 5.82 Å². The van der Waals surface area contributed by atoms with Gasteiger partial charge in [0.15, 0.2) is 0 Å². The highest BCUT2D eigenvalue weighted by atomic mass is 19.1. The summed E-state index contributed by atoms with van der Waals surface area (Å²) in [6.45, 7) is 6.63. The minimum absolute atomic E-state index is 0.289. The summed E-state index contributed by atoms with van der Waals surface area (Å²) in [5.74, 6) is 1.59. The van der Waals surface area contributed by atoms with Crippen LogP contribution >= 0.6 is 0 Å². The van der Waals surface area contributed by atoms with Crippen LogP contribution in [0.25, 0.3) is 5.57 Å². The Morgan fingerprint density at radius 3 is 2.58 bits per heavy atom. The summed E-state index contributed by atoms with van der Waals surface area (Å²) >= 11 is 0. The molecule has 2 aromatic rings. The molecule has 0 aromatic heterocycles. The first-order valence-corrected chi connectivity index (χ1v) is 11.8. The van der Waals surface area contributed by atoms with Crippen molar-refractivity contribution in [3.8, 4) is 11.5 Å². The number of hydrogen-bond acceptors (Lipinski definition) is 5. The molecule has 2 heterocycles. The molecular weight excluding hydrogens is 415 g/mol.